The Bertz CT molecular complexity index is 239. The molecule has 1 rings (SSSR count). The first-order chi connectivity index (χ1) is 6.72. The van der Waals surface area contributed by atoms with Crippen LogP contribution in [0.5, 0.6) is 0 Å². The molecule has 0 bridgehead atoms. The fraction of sp³-hybridized carbons (Fsp3) is 0.625. The van der Waals surface area contributed by atoms with Gasteiger partial charge in [0, 0.05) is 5.75 Å². The van der Waals surface area contributed by atoms with Crippen LogP contribution in [0.2, 0.25) is 0 Å². The summed E-state index contributed by atoms with van der Waals surface area (Å²) in [5.41, 5.74) is 0. The van der Waals surface area contributed by atoms with E-state index in [1.54, 1.807) is 11.8 Å². The second kappa shape index (κ2) is 6.29. The molecule has 0 aromatic carbocycles. The van der Waals surface area contributed by atoms with Crippen molar-refractivity contribution >= 4 is 28.8 Å². The van der Waals surface area contributed by atoms with Gasteiger partial charge in [0.15, 0.2) is 0 Å². The minimum absolute atomic E-state index is 0.394. The number of hydrogen-bond donors (Lipinski definition) is 0. The van der Waals surface area contributed by atoms with Gasteiger partial charge >= 0.3 is 0 Å². The lowest BCUT2D eigenvalue weighted by Crippen LogP contribution is -2.02. The van der Waals surface area contributed by atoms with Gasteiger partial charge in [-0.2, -0.15) is 13.9 Å². The molecule has 0 aliphatic carbocycles. The molecule has 1 aliphatic heterocycles. The van der Waals surface area contributed by atoms with Crippen LogP contribution in [-0.2, 0) is 0 Å². The lowest BCUT2D eigenvalue weighted by atomic mass is 10.5. The highest BCUT2D eigenvalue weighted by molar-refractivity contribution is 8.14. The number of halogens is 2. The predicted octanol–water partition coefficient (Wildman–Crippen LogP) is 3.53. The third kappa shape index (κ3) is 4.32. The number of thioether (sulfide) groups is 1. The molecule has 0 radical (unpaired) electrons. The monoisotopic (exact) mass is 238 g/mol. The summed E-state index contributed by atoms with van der Waals surface area (Å²) in [6, 6.07) is 0. The maximum atomic E-state index is 11.7. The van der Waals surface area contributed by atoms with E-state index in [1.165, 1.54) is 11.9 Å². The van der Waals surface area contributed by atoms with E-state index in [2.05, 4.69) is 12.0 Å². The van der Waals surface area contributed by atoms with Crippen LogP contribution in [0.3, 0.4) is 0 Å². The maximum absolute atomic E-state index is 11.7. The molecule has 0 saturated carbocycles. The summed E-state index contributed by atoms with van der Waals surface area (Å²) in [5, 5.41) is 5.41. The van der Waals surface area contributed by atoms with Gasteiger partial charge in [-0.15, -0.1) is 0 Å². The summed E-state index contributed by atoms with van der Waals surface area (Å²) in [4.78, 5) is 0. The van der Waals surface area contributed by atoms with Crippen molar-refractivity contribution in [2.45, 2.75) is 19.8 Å². The van der Waals surface area contributed by atoms with Crippen LogP contribution in [0.15, 0.2) is 17.3 Å². The summed E-state index contributed by atoms with van der Waals surface area (Å²) in [6.07, 6.45) is 0.686. The van der Waals surface area contributed by atoms with Crippen molar-refractivity contribution in [2.75, 3.05) is 11.6 Å². The van der Waals surface area contributed by atoms with E-state index >= 15 is 0 Å². The Labute approximate surface area is 90.9 Å². The van der Waals surface area contributed by atoms with Gasteiger partial charge in [0.25, 0.3) is 6.08 Å². The third-order valence-corrected chi connectivity index (χ3v) is 3.69. The van der Waals surface area contributed by atoms with Crippen molar-refractivity contribution in [3.05, 3.63) is 12.2 Å². The number of hydrazone groups is 1. The summed E-state index contributed by atoms with van der Waals surface area (Å²) in [5.74, 6) is 1.48. The number of rotatable bonds is 5. The van der Waals surface area contributed by atoms with E-state index in [0.29, 0.717) is 12.2 Å². The number of nitrogens with zero attached hydrogens (tertiary/aromatic N) is 2. The van der Waals surface area contributed by atoms with Gasteiger partial charge in [0.1, 0.15) is 0 Å². The molecule has 1 aliphatic rings. The van der Waals surface area contributed by atoms with Crippen LogP contribution in [0.1, 0.15) is 19.8 Å². The minimum Gasteiger partial charge on any atom is -0.228 e. The maximum Gasteiger partial charge on any atom is 0.266 e. The molecule has 0 N–H and O–H groups in total. The molecule has 6 heteroatoms. The van der Waals surface area contributed by atoms with Crippen molar-refractivity contribution in [3.8, 4) is 0 Å². The molecule has 0 amide bonds. The average Bonchev–Trinajstić information content (AvgIpc) is 2.60. The average molecular weight is 238 g/mol. The summed E-state index contributed by atoms with van der Waals surface area (Å²) >= 11 is 3.20. The quantitative estimate of drug-likeness (QED) is 0.538. The van der Waals surface area contributed by atoms with Gasteiger partial charge in [0.05, 0.1) is 10.9 Å². The highest BCUT2D eigenvalue weighted by atomic mass is 32.2. The number of allylic oxidation sites excluding steroid dienone is 1. The van der Waals surface area contributed by atoms with E-state index in [9.17, 15) is 8.78 Å². The Hall–Kier alpha value is -0.230. The molecule has 0 unspecified atom stereocenters. The van der Waals surface area contributed by atoms with Gasteiger partial charge in [-0.1, -0.05) is 18.7 Å². The molecule has 0 atom stereocenters. The van der Waals surface area contributed by atoms with Crippen LogP contribution in [-0.4, -0.2) is 21.1 Å². The molecule has 0 aromatic heterocycles. The van der Waals surface area contributed by atoms with E-state index < -0.39 is 6.08 Å². The van der Waals surface area contributed by atoms with Crippen molar-refractivity contribution in [1.29, 1.82) is 0 Å². The standard InChI is InChI=1S/C8H12F2N2S2/c1-2-8-11-12(6-13-8)14-5-3-4-7(9)10/h4H,2-3,5-6H2,1H3. The fourth-order valence-corrected chi connectivity index (χ4v) is 2.65. The lowest BCUT2D eigenvalue weighted by Gasteiger charge is -2.09. The molecular formula is C8H12F2N2S2. The smallest absolute Gasteiger partial charge is 0.228 e. The van der Waals surface area contributed by atoms with E-state index in [1.807, 2.05) is 4.41 Å². The van der Waals surface area contributed by atoms with Gasteiger partial charge in [-0.3, -0.25) is 0 Å². The zero-order valence-corrected chi connectivity index (χ0v) is 9.51. The second-order valence-electron chi connectivity index (χ2n) is 2.59. The first kappa shape index (κ1) is 11.8. The highest BCUT2D eigenvalue weighted by Gasteiger charge is 2.13. The van der Waals surface area contributed by atoms with Crippen LogP contribution >= 0.6 is 23.7 Å². The summed E-state index contributed by atoms with van der Waals surface area (Å²) < 4.78 is 25.2. The first-order valence-corrected chi connectivity index (χ1v) is 6.27. The topological polar surface area (TPSA) is 15.6 Å². The van der Waals surface area contributed by atoms with Crippen LogP contribution in [0, 0.1) is 0 Å². The van der Waals surface area contributed by atoms with Gasteiger partial charge in [0.2, 0.25) is 0 Å². The van der Waals surface area contributed by atoms with Crippen molar-refractivity contribution in [1.82, 2.24) is 4.41 Å². The second-order valence-corrected chi connectivity index (χ2v) is 4.69. The zero-order chi connectivity index (χ0) is 10.4. The van der Waals surface area contributed by atoms with E-state index in [-0.39, 0.29) is 0 Å². The van der Waals surface area contributed by atoms with E-state index in [0.717, 1.165) is 23.4 Å². The first-order valence-electron chi connectivity index (χ1n) is 4.34. The fourth-order valence-electron chi connectivity index (χ4n) is 0.877. The molecule has 0 aromatic rings. The molecule has 80 valence electrons. The Kier molecular flexibility index (Phi) is 5.32. The third-order valence-electron chi connectivity index (χ3n) is 1.52. The Morgan fingerprint density at radius 1 is 1.71 bits per heavy atom. The van der Waals surface area contributed by atoms with Crippen LogP contribution in [0.25, 0.3) is 0 Å². The predicted molar refractivity (Wildman–Crippen MR) is 59.4 cm³/mol. The SMILES string of the molecule is CCC1=NN(SCCC=C(F)F)CS1. The summed E-state index contributed by atoms with van der Waals surface area (Å²) in [7, 11) is 0. The van der Waals surface area contributed by atoms with Crippen molar-refractivity contribution in [2.24, 2.45) is 5.10 Å². The largest absolute Gasteiger partial charge is 0.266 e. The van der Waals surface area contributed by atoms with Gasteiger partial charge < -0.3 is 0 Å². The Balaban J connectivity index is 2.14. The minimum atomic E-state index is -1.60. The van der Waals surface area contributed by atoms with Crippen molar-refractivity contribution in [3.63, 3.8) is 0 Å². The molecule has 2 nitrogen and oxygen atoms in total. The molecule has 14 heavy (non-hydrogen) atoms. The molecule has 0 spiro atoms. The zero-order valence-electron chi connectivity index (χ0n) is 7.87. The van der Waals surface area contributed by atoms with Gasteiger partial charge in [-0.05, 0) is 30.9 Å². The molecule has 0 saturated heterocycles. The molecular weight excluding hydrogens is 226 g/mol. The molecule has 0 fully saturated rings. The molecule has 1 heterocycles. The summed E-state index contributed by atoms with van der Waals surface area (Å²) in [6.45, 7) is 2.06. The van der Waals surface area contributed by atoms with Gasteiger partial charge in [-0.25, -0.2) is 4.41 Å². The van der Waals surface area contributed by atoms with Crippen LogP contribution in [0.4, 0.5) is 8.78 Å². The van der Waals surface area contributed by atoms with E-state index in [4.69, 9.17) is 0 Å². The highest BCUT2D eigenvalue weighted by Crippen LogP contribution is 2.25. The Morgan fingerprint density at radius 3 is 3.07 bits per heavy atom. The number of hydrogen-bond acceptors (Lipinski definition) is 4. The normalized spacial score (nSPS) is 15.6. The lowest BCUT2D eigenvalue weighted by molar-refractivity contribution is 0.418. The van der Waals surface area contributed by atoms with Crippen LogP contribution < -0.4 is 0 Å². The Morgan fingerprint density at radius 2 is 2.50 bits per heavy atom. The van der Waals surface area contributed by atoms with Crippen molar-refractivity contribution < 1.29 is 8.78 Å².